The van der Waals surface area contributed by atoms with Gasteiger partial charge in [-0.25, -0.2) is 0 Å². The van der Waals surface area contributed by atoms with Gasteiger partial charge in [0.15, 0.2) is 0 Å². The molecule has 26 heavy (non-hydrogen) atoms. The van der Waals surface area contributed by atoms with Gasteiger partial charge in [-0.1, -0.05) is 27.7 Å². The Labute approximate surface area is 156 Å². The van der Waals surface area contributed by atoms with Crippen molar-refractivity contribution < 1.29 is 19.1 Å². The molecular formula is C20H32N2O4. The van der Waals surface area contributed by atoms with Gasteiger partial charge in [0.05, 0.1) is 14.2 Å². The maximum atomic E-state index is 12.9. The highest BCUT2D eigenvalue weighted by Crippen LogP contribution is 2.25. The monoisotopic (exact) mass is 364 g/mol. The van der Waals surface area contributed by atoms with Gasteiger partial charge in [0.1, 0.15) is 17.5 Å². The fourth-order valence-electron chi connectivity index (χ4n) is 2.67. The van der Waals surface area contributed by atoms with Gasteiger partial charge < -0.3 is 19.7 Å². The Kier molecular flexibility index (Phi) is 8.42. The lowest BCUT2D eigenvalue weighted by atomic mass is 10.0. The van der Waals surface area contributed by atoms with E-state index in [-0.39, 0.29) is 23.7 Å². The number of benzene rings is 1. The molecule has 1 N–H and O–H groups in total. The molecule has 1 aromatic rings. The van der Waals surface area contributed by atoms with E-state index in [0.717, 1.165) is 5.56 Å². The van der Waals surface area contributed by atoms with Crippen molar-refractivity contribution in [2.24, 2.45) is 11.8 Å². The van der Waals surface area contributed by atoms with E-state index in [9.17, 15) is 9.59 Å². The van der Waals surface area contributed by atoms with Crippen LogP contribution in [0.1, 0.15) is 39.7 Å². The van der Waals surface area contributed by atoms with Crippen LogP contribution in [0, 0.1) is 11.8 Å². The average molecular weight is 364 g/mol. The fourth-order valence-corrected chi connectivity index (χ4v) is 2.67. The van der Waals surface area contributed by atoms with E-state index in [1.807, 2.05) is 39.8 Å². The molecule has 0 saturated carbocycles. The van der Waals surface area contributed by atoms with E-state index < -0.39 is 6.04 Å². The van der Waals surface area contributed by atoms with E-state index in [1.165, 1.54) is 0 Å². The predicted octanol–water partition coefficient (Wildman–Crippen LogP) is 2.85. The summed E-state index contributed by atoms with van der Waals surface area (Å²) in [7, 11) is 4.91. The highest BCUT2D eigenvalue weighted by molar-refractivity contribution is 5.87. The number of likely N-dealkylation sites (N-methyl/N-ethyl adjacent to an activating group) is 1. The molecule has 0 aliphatic carbocycles. The number of nitrogens with one attached hydrogen (secondary N) is 1. The second kappa shape index (κ2) is 10.0. The normalized spacial score (nSPS) is 12.0. The van der Waals surface area contributed by atoms with Gasteiger partial charge in [0.2, 0.25) is 11.8 Å². The highest BCUT2D eigenvalue weighted by atomic mass is 16.5. The first-order valence-corrected chi connectivity index (χ1v) is 8.94. The second-order valence-corrected chi connectivity index (χ2v) is 7.26. The largest absolute Gasteiger partial charge is 0.497 e. The van der Waals surface area contributed by atoms with Gasteiger partial charge in [-0.2, -0.15) is 0 Å². The van der Waals surface area contributed by atoms with Crippen LogP contribution < -0.4 is 14.8 Å². The van der Waals surface area contributed by atoms with E-state index in [0.29, 0.717) is 24.5 Å². The molecule has 0 aliphatic rings. The topological polar surface area (TPSA) is 67.9 Å². The smallest absolute Gasteiger partial charge is 0.245 e. The lowest BCUT2D eigenvalue weighted by Crippen LogP contribution is -2.50. The van der Waals surface area contributed by atoms with Crippen LogP contribution in [0.4, 0.5) is 0 Å². The molecule has 6 heteroatoms. The van der Waals surface area contributed by atoms with E-state index in [4.69, 9.17) is 9.47 Å². The quantitative estimate of drug-likeness (QED) is 0.732. The first kappa shape index (κ1) is 21.8. The Morgan fingerprint density at radius 3 is 2.27 bits per heavy atom. The number of methoxy groups -OCH3 is 2. The standard InChI is InChI=1S/C20H32N2O4/c1-13(2)10-18(23)21-19(14(3)4)20(24)22(5)12-15-8-9-16(25-6)11-17(15)26-7/h8-9,11,13-14,19H,10,12H2,1-7H3,(H,21,23). The minimum absolute atomic E-state index is 0.00109. The van der Waals surface area contributed by atoms with Gasteiger partial charge in [-0.15, -0.1) is 0 Å². The number of nitrogens with zero attached hydrogens (tertiary/aromatic N) is 1. The molecule has 1 rings (SSSR count). The molecule has 0 heterocycles. The number of carbonyl (C=O) groups is 2. The zero-order chi connectivity index (χ0) is 19.9. The minimum atomic E-state index is -0.546. The summed E-state index contributed by atoms with van der Waals surface area (Å²) >= 11 is 0. The number of hydrogen-bond donors (Lipinski definition) is 1. The van der Waals surface area contributed by atoms with Crippen molar-refractivity contribution in [3.05, 3.63) is 23.8 Å². The van der Waals surface area contributed by atoms with Gasteiger partial charge >= 0.3 is 0 Å². The summed E-state index contributed by atoms with van der Waals surface area (Å²) < 4.78 is 10.6. The number of hydrogen-bond acceptors (Lipinski definition) is 4. The zero-order valence-corrected chi connectivity index (χ0v) is 17.0. The van der Waals surface area contributed by atoms with Crippen molar-refractivity contribution in [3.63, 3.8) is 0 Å². The fraction of sp³-hybridized carbons (Fsp3) is 0.600. The van der Waals surface area contributed by atoms with Crippen molar-refractivity contribution in [2.45, 2.75) is 46.7 Å². The summed E-state index contributed by atoms with van der Waals surface area (Å²) in [6.07, 6.45) is 0.409. The summed E-state index contributed by atoms with van der Waals surface area (Å²) in [5.74, 6) is 1.39. The lowest BCUT2D eigenvalue weighted by Gasteiger charge is -2.28. The molecule has 6 nitrogen and oxygen atoms in total. The minimum Gasteiger partial charge on any atom is -0.497 e. The summed E-state index contributed by atoms with van der Waals surface area (Å²) in [4.78, 5) is 26.6. The number of ether oxygens (including phenoxy) is 2. The van der Waals surface area contributed by atoms with Crippen molar-refractivity contribution >= 4 is 11.8 Å². The third kappa shape index (κ3) is 6.24. The molecule has 0 aromatic heterocycles. The van der Waals surface area contributed by atoms with Gasteiger partial charge in [0.25, 0.3) is 0 Å². The van der Waals surface area contributed by atoms with Crippen LogP contribution in [-0.4, -0.2) is 44.0 Å². The Hall–Kier alpha value is -2.24. The summed E-state index contributed by atoms with van der Waals surface area (Å²) in [6, 6.07) is 4.96. The molecular weight excluding hydrogens is 332 g/mol. The number of rotatable bonds is 9. The first-order valence-electron chi connectivity index (χ1n) is 8.94. The van der Waals surface area contributed by atoms with E-state index in [2.05, 4.69) is 5.32 Å². The molecule has 0 spiro atoms. The van der Waals surface area contributed by atoms with Crippen LogP contribution in [0.15, 0.2) is 18.2 Å². The SMILES string of the molecule is COc1ccc(CN(C)C(=O)C(NC(=O)CC(C)C)C(C)C)c(OC)c1. The second-order valence-electron chi connectivity index (χ2n) is 7.26. The molecule has 0 fully saturated rings. The first-order chi connectivity index (χ1) is 12.2. The van der Waals surface area contributed by atoms with Crippen LogP contribution in [-0.2, 0) is 16.1 Å². The van der Waals surface area contributed by atoms with Crippen molar-refractivity contribution in [1.29, 1.82) is 0 Å². The number of amides is 2. The van der Waals surface area contributed by atoms with Crippen LogP contribution in [0.5, 0.6) is 11.5 Å². The summed E-state index contributed by atoms with van der Waals surface area (Å²) in [5, 5.41) is 2.88. The molecule has 1 aromatic carbocycles. The molecule has 0 radical (unpaired) electrons. The van der Waals surface area contributed by atoms with Crippen LogP contribution in [0.3, 0.4) is 0 Å². The Balaban J connectivity index is 2.87. The van der Waals surface area contributed by atoms with Crippen molar-refractivity contribution in [2.75, 3.05) is 21.3 Å². The molecule has 1 atom stereocenters. The highest BCUT2D eigenvalue weighted by Gasteiger charge is 2.27. The van der Waals surface area contributed by atoms with Crippen LogP contribution in [0.25, 0.3) is 0 Å². The Morgan fingerprint density at radius 1 is 1.12 bits per heavy atom. The van der Waals surface area contributed by atoms with Crippen LogP contribution in [0.2, 0.25) is 0 Å². The molecule has 1 unspecified atom stereocenters. The molecule has 0 bridgehead atoms. The van der Waals surface area contributed by atoms with Crippen molar-refractivity contribution in [3.8, 4) is 11.5 Å². The molecule has 2 amide bonds. The predicted molar refractivity (Wildman–Crippen MR) is 102 cm³/mol. The zero-order valence-electron chi connectivity index (χ0n) is 17.0. The van der Waals surface area contributed by atoms with Gasteiger partial charge in [-0.05, 0) is 24.0 Å². The average Bonchev–Trinajstić information content (AvgIpc) is 2.58. The maximum absolute atomic E-state index is 12.9. The lowest BCUT2D eigenvalue weighted by molar-refractivity contribution is -0.137. The Bertz CT molecular complexity index is 614. The summed E-state index contributed by atoms with van der Waals surface area (Å²) in [6.45, 7) is 8.21. The van der Waals surface area contributed by atoms with Gasteiger partial charge in [-0.3, -0.25) is 9.59 Å². The third-order valence-corrected chi connectivity index (χ3v) is 4.12. The number of carbonyl (C=O) groups excluding carboxylic acids is 2. The third-order valence-electron chi connectivity index (χ3n) is 4.12. The van der Waals surface area contributed by atoms with E-state index >= 15 is 0 Å². The van der Waals surface area contributed by atoms with Crippen molar-refractivity contribution in [1.82, 2.24) is 10.2 Å². The Morgan fingerprint density at radius 2 is 1.77 bits per heavy atom. The van der Waals surface area contributed by atoms with E-state index in [1.54, 1.807) is 32.2 Å². The molecule has 0 aliphatic heterocycles. The molecule has 146 valence electrons. The maximum Gasteiger partial charge on any atom is 0.245 e. The molecule has 0 saturated heterocycles. The summed E-state index contributed by atoms with van der Waals surface area (Å²) in [5.41, 5.74) is 0.875. The van der Waals surface area contributed by atoms with Crippen LogP contribution >= 0.6 is 0 Å². The van der Waals surface area contributed by atoms with Gasteiger partial charge in [0, 0.05) is 31.6 Å².